The predicted molar refractivity (Wildman–Crippen MR) is 77.3 cm³/mol. The van der Waals surface area contributed by atoms with Crippen LogP contribution < -0.4 is 10.5 Å². The first-order chi connectivity index (χ1) is 10.2. The molecule has 0 aliphatic rings. The van der Waals surface area contributed by atoms with Crippen molar-refractivity contribution in [1.82, 2.24) is 0 Å². The van der Waals surface area contributed by atoms with E-state index in [1.54, 1.807) is 0 Å². The van der Waals surface area contributed by atoms with E-state index in [1.807, 2.05) is 0 Å². The van der Waals surface area contributed by atoms with Gasteiger partial charge in [0.2, 0.25) is 0 Å². The van der Waals surface area contributed by atoms with E-state index in [1.165, 1.54) is 24.3 Å². The van der Waals surface area contributed by atoms with E-state index in [4.69, 9.17) is 28.9 Å². The highest BCUT2D eigenvalue weighted by molar-refractivity contribution is 6.43. The van der Waals surface area contributed by atoms with Gasteiger partial charge < -0.3 is 15.6 Å². The van der Waals surface area contributed by atoms with Crippen LogP contribution in [0.15, 0.2) is 36.4 Å². The van der Waals surface area contributed by atoms with Gasteiger partial charge in [-0.2, -0.15) is 0 Å². The minimum Gasteiger partial charge on any atom is -0.506 e. The number of aromatic hydroxyl groups is 1. The molecular weight excluding hydrogens is 342 g/mol. The molecule has 3 nitrogen and oxygen atoms in total. The molecule has 0 fully saturated rings. The minimum atomic E-state index is -4.76. The van der Waals surface area contributed by atoms with Gasteiger partial charge in [0, 0.05) is 5.56 Å². The summed E-state index contributed by atoms with van der Waals surface area (Å²) in [4.78, 5) is 0. The summed E-state index contributed by atoms with van der Waals surface area (Å²) in [7, 11) is 0. The molecule has 0 aromatic heterocycles. The van der Waals surface area contributed by atoms with Gasteiger partial charge in [0.25, 0.3) is 0 Å². The predicted octanol–water partition coefficient (Wildman–Crippen LogP) is 4.65. The minimum absolute atomic E-state index is 0.0355. The van der Waals surface area contributed by atoms with E-state index in [9.17, 15) is 18.3 Å². The Morgan fingerprint density at radius 3 is 2.18 bits per heavy atom. The van der Waals surface area contributed by atoms with Crippen LogP contribution in [0, 0.1) is 0 Å². The molecule has 118 valence electrons. The van der Waals surface area contributed by atoms with Crippen LogP contribution >= 0.6 is 23.2 Å². The van der Waals surface area contributed by atoms with Gasteiger partial charge in [0.05, 0.1) is 11.1 Å². The molecule has 0 unspecified atom stereocenters. The first-order valence-electron chi connectivity index (χ1n) is 5.97. The Morgan fingerprint density at radius 2 is 1.64 bits per heavy atom. The van der Waals surface area contributed by atoms with E-state index in [0.717, 1.165) is 12.1 Å². The Labute approximate surface area is 134 Å². The van der Waals surface area contributed by atoms with Crippen LogP contribution in [-0.2, 0) is 0 Å². The zero-order valence-corrected chi connectivity index (χ0v) is 12.4. The molecule has 22 heavy (non-hydrogen) atoms. The van der Waals surface area contributed by atoms with Crippen LogP contribution in [0.5, 0.6) is 11.5 Å². The summed E-state index contributed by atoms with van der Waals surface area (Å²) in [6.45, 7) is 0. The Hall–Kier alpha value is -1.63. The molecule has 0 saturated heterocycles. The standard InChI is InChI=1S/C14H10Cl2F3NO2/c15-10-6-5-9(13(21)11(10)16)12(20)7-1-3-8(4-2-7)22-14(17,18)19/h1-6,12,21H,20H2/t12-/m0/s1. The largest absolute Gasteiger partial charge is 0.573 e. The van der Waals surface area contributed by atoms with Crippen molar-refractivity contribution in [1.29, 1.82) is 0 Å². The first kappa shape index (κ1) is 16.7. The summed E-state index contributed by atoms with van der Waals surface area (Å²) < 4.78 is 40.1. The molecule has 0 aliphatic carbocycles. The van der Waals surface area contributed by atoms with Crippen LogP contribution in [0.4, 0.5) is 13.2 Å². The number of phenols is 1. The number of hydrogen-bond donors (Lipinski definition) is 2. The number of nitrogens with two attached hydrogens (primary N) is 1. The zero-order chi connectivity index (χ0) is 16.5. The van der Waals surface area contributed by atoms with Crippen LogP contribution in [0.2, 0.25) is 10.0 Å². The normalized spacial score (nSPS) is 13.0. The number of halogens is 5. The molecule has 0 bridgehead atoms. The van der Waals surface area contributed by atoms with Crippen molar-refractivity contribution in [3.05, 3.63) is 57.6 Å². The van der Waals surface area contributed by atoms with Gasteiger partial charge in [-0.25, -0.2) is 0 Å². The van der Waals surface area contributed by atoms with E-state index in [0.29, 0.717) is 11.1 Å². The SMILES string of the molecule is N[C@@H](c1ccc(OC(F)(F)F)cc1)c1ccc(Cl)c(Cl)c1O. The lowest BCUT2D eigenvalue weighted by atomic mass is 9.98. The number of hydrogen-bond acceptors (Lipinski definition) is 3. The van der Waals surface area contributed by atoms with Crippen molar-refractivity contribution in [2.24, 2.45) is 5.73 Å². The summed E-state index contributed by atoms with van der Waals surface area (Å²) in [5, 5.41) is 10.1. The number of phenolic OH excluding ortho intramolecular Hbond substituents is 1. The average Bonchev–Trinajstić information content (AvgIpc) is 2.43. The second-order valence-corrected chi connectivity index (χ2v) is 5.18. The highest BCUT2D eigenvalue weighted by Crippen LogP contribution is 2.38. The lowest BCUT2D eigenvalue weighted by molar-refractivity contribution is -0.274. The second-order valence-electron chi connectivity index (χ2n) is 4.39. The molecule has 0 heterocycles. The Bertz CT molecular complexity index is 675. The summed E-state index contributed by atoms with van der Waals surface area (Å²) >= 11 is 11.6. The molecule has 0 amide bonds. The van der Waals surface area contributed by atoms with Gasteiger partial charge in [-0.1, -0.05) is 41.4 Å². The number of alkyl halides is 3. The van der Waals surface area contributed by atoms with Crippen molar-refractivity contribution in [3.63, 3.8) is 0 Å². The Balaban J connectivity index is 2.27. The molecule has 8 heteroatoms. The van der Waals surface area contributed by atoms with Gasteiger partial charge in [-0.15, -0.1) is 13.2 Å². The fourth-order valence-electron chi connectivity index (χ4n) is 1.86. The lowest BCUT2D eigenvalue weighted by Gasteiger charge is -2.16. The molecule has 2 rings (SSSR count). The summed E-state index contributed by atoms with van der Waals surface area (Å²) in [6, 6.07) is 7.19. The quantitative estimate of drug-likeness (QED) is 0.846. The molecule has 0 spiro atoms. The van der Waals surface area contributed by atoms with Gasteiger partial charge in [-0.05, 0) is 23.8 Å². The van der Waals surface area contributed by atoms with E-state index >= 15 is 0 Å². The number of benzene rings is 2. The first-order valence-corrected chi connectivity index (χ1v) is 6.73. The van der Waals surface area contributed by atoms with E-state index in [-0.39, 0.29) is 21.5 Å². The van der Waals surface area contributed by atoms with Gasteiger partial charge in [-0.3, -0.25) is 0 Å². The third-order valence-electron chi connectivity index (χ3n) is 2.91. The van der Waals surface area contributed by atoms with E-state index < -0.39 is 12.4 Å². The van der Waals surface area contributed by atoms with Crippen LogP contribution in [0.1, 0.15) is 17.2 Å². The maximum Gasteiger partial charge on any atom is 0.573 e. The molecule has 0 radical (unpaired) electrons. The van der Waals surface area contributed by atoms with Crippen molar-refractivity contribution >= 4 is 23.2 Å². The molecule has 2 aromatic rings. The van der Waals surface area contributed by atoms with Crippen LogP contribution in [-0.4, -0.2) is 11.5 Å². The smallest absolute Gasteiger partial charge is 0.506 e. The van der Waals surface area contributed by atoms with Crippen molar-refractivity contribution < 1.29 is 23.0 Å². The van der Waals surface area contributed by atoms with Crippen molar-refractivity contribution in [2.45, 2.75) is 12.4 Å². The second kappa shape index (κ2) is 6.24. The van der Waals surface area contributed by atoms with Crippen LogP contribution in [0.3, 0.4) is 0 Å². The Morgan fingerprint density at radius 1 is 1.05 bits per heavy atom. The molecule has 3 N–H and O–H groups in total. The molecule has 0 aliphatic heterocycles. The average molecular weight is 352 g/mol. The fourth-order valence-corrected chi connectivity index (χ4v) is 2.19. The van der Waals surface area contributed by atoms with Crippen LogP contribution in [0.25, 0.3) is 0 Å². The highest BCUT2D eigenvalue weighted by Gasteiger charge is 2.31. The molecule has 2 aromatic carbocycles. The van der Waals surface area contributed by atoms with Gasteiger partial charge >= 0.3 is 6.36 Å². The van der Waals surface area contributed by atoms with Crippen molar-refractivity contribution in [2.75, 3.05) is 0 Å². The maximum absolute atomic E-state index is 12.1. The molecular formula is C14H10Cl2F3NO2. The number of ether oxygens (including phenoxy) is 1. The summed E-state index contributed by atoms with van der Waals surface area (Å²) in [5.74, 6) is -0.626. The summed E-state index contributed by atoms with van der Waals surface area (Å²) in [5.41, 5.74) is 6.77. The van der Waals surface area contributed by atoms with Gasteiger partial charge in [0.1, 0.15) is 16.5 Å². The monoisotopic (exact) mass is 351 g/mol. The van der Waals surface area contributed by atoms with Crippen molar-refractivity contribution in [3.8, 4) is 11.5 Å². The third kappa shape index (κ3) is 3.76. The number of rotatable bonds is 3. The lowest BCUT2D eigenvalue weighted by Crippen LogP contribution is -2.17. The van der Waals surface area contributed by atoms with E-state index in [2.05, 4.69) is 4.74 Å². The molecule has 1 atom stereocenters. The fraction of sp³-hybridized carbons (Fsp3) is 0.143. The Kier molecular flexibility index (Phi) is 4.75. The topological polar surface area (TPSA) is 55.5 Å². The third-order valence-corrected chi connectivity index (χ3v) is 3.70. The highest BCUT2D eigenvalue weighted by atomic mass is 35.5. The maximum atomic E-state index is 12.1. The summed E-state index contributed by atoms with van der Waals surface area (Å²) in [6.07, 6.45) is -4.76. The zero-order valence-electron chi connectivity index (χ0n) is 10.9. The molecule has 0 saturated carbocycles. The van der Waals surface area contributed by atoms with Gasteiger partial charge in [0.15, 0.2) is 0 Å².